The van der Waals surface area contributed by atoms with E-state index < -0.39 is 0 Å². The van der Waals surface area contributed by atoms with Crippen LogP contribution in [0.3, 0.4) is 0 Å². The Hall–Kier alpha value is -1.61. The van der Waals surface area contributed by atoms with Gasteiger partial charge in [-0.1, -0.05) is 24.3 Å². The molecule has 3 heteroatoms. The average molecular weight is 267 g/mol. The first-order valence-corrected chi connectivity index (χ1v) is 7.77. The highest BCUT2D eigenvalue weighted by Gasteiger charge is 2.21. The van der Waals surface area contributed by atoms with E-state index in [4.69, 9.17) is 4.98 Å². The maximum atomic E-state index is 4.77. The normalized spacial score (nSPS) is 18.9. The van der Waals surface area contributed by atoms with Gasteiger partial charge in [0.15, 0.2) is 0 Å². The van der Waals surface area contributed by atoms with Crippen molar-refractivity contribution in [1.82, 2.24) is 10.3 Å². The largest absolute Gasteiger partial charge is 0.356 e. The van der Waals surface area contributed by atoms with E-state index in [1.807, 2.05) is 0 Å². The summed E-state index contributed by atoms with van der Waals surface area (Å²) in [5.74, 6) is 1.17. The van der Waals surface area contributed by atoms with Crippen LogP contribution in [-0.2, 0) is 6.54 Å². The van der Waals surface area contributed by atoms with E-state index in [1.54, 1.807) is 0 Å². The zero-order valence-corrected chi connectivity index (χ0v) is 11.8. The van der Waals surface area contributed by atoms with E-state index in [1.165, 1.54) is 47.8 Å². The van der Waals surface area contributed by atoms with E-state index >= 15 is 0 Å². The highest BCUT2D eigenvalue weighted by molar-refractivity contribution is 5.94. The molecule has 104 valence electrons. The van der Waals surface area contributed by atoms with Crippen molar-refractivity contribution < 1.29 is 0 Å². The molecule has 0 spiro atoms. The number of nitrogens with zero attached hydrogens (tertiary/aromatic N) is 2. The molecule has 2 aliphatic rings. The third-order valence-electron chi connectivity index (χ3n) is 4.42. The average Bonchev–Trinajstić information content (AvgIpc) is 3.17. The van der Waals surface area contributed by atoms with Crippen molar-refractivity contribution in [1.29, 1.82) is 0 Å². The molecule has 1 saturated heterocycles. The van der Waals surface area contributed by atoms with Crippen molar-refractivity contribution in [3.8, 4) is 0 Å². The molecule has 0 radical (unpaired) electrons. The Bertz CT molecular complexity index is 613. The van der Waals surface area contributed by atoms with Gasteiger partial charge in [0.1, 0.15) is 5.82 Å². The molecule has 0 atom stereocenters. The molecule has 2 heterocycles. The van der Waals surface area contributed by atoms with Gasteiger partial charge in [0, 0.05) is 37.3 Å². The summed E-state index contributed by atoms with van der Waals surface area (Å²) in [5, 5.41) is 6.27. The fourth-order valence-electron chi connectivity index (χ4n) is 3.10. The monoisotopic (exact) mass is 267 g/mol. The van der Waals surface area contributed by atoms with Gasteiger partial charge in [-0.15, -0.1) is 0 Å². The molecule has 0 unspecified atom stereocenters. The molecule has 20 heavy (non-hydrogen) atoms. The predicted molar refractivity (Wildman–Crippen MR) is 83.1 cm³/mol. The topological polar surface area (TPSA) is 28.2 Å². The van der Waals surface area contributed by atoms with Crippen molar-refractivity contribution in [2.45, 2.75) is 38.3 Å². The summed E-state index contributed by atoms with van der Waals surface area (Å²) in [5.41, 5.74) is 1.33. The number of benzene rings is 1. The van der Waals surface area contributed by atoms with Crippen LogP contribution in [-0.4, -0.2) is 24.1 Å². The van der Waals surface area contributed by atoms with Gasteiger partial charge in [-0.25, -0.2) is 4.98 Å². The summed E-state index contributed by atoms with van der Waals surface area (Å²) in [7, 11) is 0. The maximum absolute atomic E-state index is 4.77. The summed E-state index contributed by atoms with van der Waals surface area (Å²) in [6.07, 6.45) is 7.32. The van der Waals surface area contributed by atoms with Crippen LogP contribution in [0.4, 0.5) is 5.82 Å². The zero-order chi connectivity index (χ0) is 13.4. The summed E-state index contributed by atoms with van der Waals surface area (Å²) in [4.78, 5) is 7.20. The molecule has 4 rings (SSSR count). The summed E-state index contributed by atoms with van der Waals surface area (Å²) < 4.78 is 0. The molecule has 2 aromatic rings. The van der Waals surface area contributed by atoms with Crippen LogP contribution in [0, 0.1) is 0 Å². The Labute approximate surface area is 120 Å². The van der Waals surface area contributed by atoms with E-state index in [-0.39, 0.29) is 0 Å². The smallest absolute Gasteiger partial charge is 0.136 e. The fourth-order valence-corrected chi connectivity index (χ4v) is 3.10. The number of hydrogen-bond acceptors (Lipinski definition) is 3. The van der Waals surface area contributed by atoms with Gasteiger partial charge in [0.05, 0.1) is 0 Å². The molecule has 0 bridgehead atoms. The standard InChI is InChI=1S/C17H21N3/c1-2-6-16-15(5-1)13(11-18-14-7-8-14)12-19-17(16)20-9-3-4-10-20/h1-2,5-6,12,14,18H,3-4,7-11H2. The van der Waals surface area contributed by atoms with Crippen molar-refractivity contribution >= 4 is 16.6 Å². The Morgan fingerprint density at radius 2 is 1.85 bits per heavy atom. The quantitative estimate of drug-likeness (QED) is 0.922. The van der Waals surface area contributed by atoms with E-state index in [9.17, 15) is 0 Å². The van der Waals surface area contributed by atoms with Crippen LogP contribution in [0.25, 0.3) is 10.8 Å². The molecule has 1 aromatic heterocycles. The SMILES string of the molecule is c1ccc2c(N3CCCC3)ncc(CNC3CC3)c2c1. The van der Waals surface area contributed by atoms with Crippen molar-refractivity contribution in [3.63, 3.8) is 0 Å². The van der Waals surface area contributed by atoms with Crippen molar-refractivity contribution in [2.75, 3.05) is 18.0 Å². The van der Waals surface area contributed by atoms with Gasteiger partial charge in [0.2, 0.25) is 0 Å². The lowest BCUT2D eigenvalue weighted by Crippen LogP contribution is -2.20. The number of aromatic nitrogens is 1. The summed E-state index contributed by atoms with van der Waals surface area (Å²) in [6, 6.07) is 9.46. The summed E-state index contributed by atoms with van der Waals surface area (Å²) >= 11 is 0. The Morgan fingerprint density at radius 1 is 1.10 bits per heavy atom. The zero-order valence-electron chi connectivity index (χ0n) is 11.8. The lowest BCUT2D eigenvalue weighted by molar-refractivity contribution is 0.689. The van der Waals surface area contributed by atoms with Gasteiger partial charge >= 0.3 is 0 Å². The van der Waals surface area contributed by atoms with Crippen molar-refractivity contribution in [2.24, 2.45) is 0 Å². The van der Waals surface area contributed by atoms with Crippen LogP contribution in [0.5, 0.6) is 0 Å². The number of nitrogens with one attached hydrogen (secondary N) is 1. The second kappa shape index (κ2) is 5.06. The van der Waals surface area contributed by atoms with Gasteiger partial charge in [-0.2, -0.15) is 0 Å². The number of hydrogen-bond donors (Lipinski definition) is 1. The molecule has 2 fully saturated rings. The van der Waals surface area contributed by atoms with Gasteiger partial charge in [-0.05, 0) is 36.6 Å². The van der Waals surface area contributed by atoms with Crippen LogP contribution >= 0.6 is 0 Å². The Kier molecular flexibility index (Phi) is 3.07. The Balaban J connectivity index is 1.72. The molecule has 1 N–H and O–H groups in total. The second-order valence-corrected chi connectivity index (χ2v) is 6.00. The first-order chi connectivity index (χ1) is 9.92. The van der Waals surface area contributed by atoms with Gasteiger partial charge in [-0.3, -0.25) is 0 Å². The number of fused-ring (bicyclic) bond motifs is 1. The highest BCUT2D eigenvalue weighted by atomic mass is 15.2. The molecular formula is C17H21N3. The highest BCUT2D eigenvalue weighted by Crippen LogP contribution is 2.29. The van der Waals surface area contributed by atoms with Crippen LogP contribution in [0.15, 0.2) is 30.5 Å². The summed E-state index contributed by atoms with van der Waals surface area (Å²) in [6.45, 7) is 3.24. The minimum absolute atomic E-state index is 0.743. The number of rotatable bonds is 4. The molecule has 1 aliphatic carbocycles. The van der Waals surface area contributed by atoms with Crippen LogP contribution in [0.2, 0.25) is 0 Å². The first kappa shape index (κ1) is 12.2. The third kappa shape index (κ3) is 2.27. The van der Waals surface area contributed by atoms with E-state index in [2.05, 4.69) is 40.7 Å². The fraction of sp³-hybridized carbons (Fsp3) is 0.471. The lowest BCUT2D eigenvalue weighted by atomic mass is 10.1. The van der Waals surface area contributed by atoms with Gasteiger partial charge in [0.25, 0.3) is 0 Å². The number of anilines is 1. The van der Waals surface area contributed by atoms with Crippen LogP contribution in [0.1, 0.15) is 31.2 Å². The minimum Gasteiger partial charge on any atom is -0.356 e. The van der Waals surface area contributed by atoms with Crippen molar-refractivity contribution in [3.05, 3.63) is 36.0 Å². The molecular weight excluding hydrogens is 246 g/mol. The second-order valence-electron chi connectivity index (χ2n) is 6.00. The molecule has 0 amide bonds. The molecule has 1 saturated carbocycles. The van der Waals surface area contributed by atoms with E-state index in [0.717, 1.165) is 25.7 Å². The molecule has 1 aromatic carbocycles. The number of pyridine rings is 1. The lowest BCUT2D eigenvalue weighted by Gasteiger charge is -2.19. The van der Waals surface area contributed by atoms with E-state index in [0.29, 0.717) is 0 Å². The Morgan fingerprint density at radius 3 is 2.60 bits per heavy atom. The first-order valence-electron chi connectivity index (χ1n) is 7.77. The minimum atomic E-state index is 0.743. The molecule has 3 nitrogen and oxygen atoms in total. The molecule has 1 aliphatic heterocycles. The van der Waals surface area contributed by atoms with Crippen LogP contribution < -0.4 is 10.2 Å². The van der Waals surface area contributed by atoms with Gasteiger partial charge < -0.3 is 10.2 Å². The maximum Gasteiger partial charge on any atom is 0.136 e. The predicted octanol–water partition coefficient (Wildman–Crippen LogP) is 3.09. The third-order valence-corrected chi connectivity index (χ3v) is 4.42.